The van der Waals surface area contributed by atoms with Gasteiger partial charge in [0.2, 0.25) is 0 Å². The fourth-order valence-electron chi connectivity index (χ4n) is 2.43. The molecular formula is C19H22O5. The largest absolute Gasteiger partial charge is 0.487 e. The Morgan fingerprint density at radius 1 is 0.833 bits per heavy atom. The molecule has 0 fully saturated rings. The van der Waals surface area contributed by atoms with Crippen LogP contribution in [0.4, 0.5) is 0 Å². The van der Waals surface area contributed by atoms with Crippen LogP contribution in [0.1, 0.15) is 38.8 Å². The van der Waals surface area contributed by atoms with Crippen LogP contribution in [0, 0.1) is 13.8 Å². The zero-order valence-corrected chi connectivity index (χ0v) is 14.9. The van der Waals surface area contributed by atoms with Gasteiger partial charge >= 0.3 is 11.9 Å². The number of carbonyl (C=O) groups excluding carboxylic acids is 2. The lowest BCUT2D eigenvalue weighted by molar-refractivity contribution is -0.133. The molecule has 0 aliphatic heterocycles. The zero-order chi connectivity index (χ0) is 18.0. The van der Waals surface area contributed by atoms with Crippen molar-refractivity contribution in [1.82, 2.24) is 0 Å². The van der Waals surface area contributed by atoms with Crippen molar-refractivity contribution in [3.05, 3.63) is 29.3 Å². The molecule has 0 aliphatic rings. The Morgan fingerprint density at radius 3 is 1.88 bits per heavy atom. The Balaban J connectivity index is 2.83. The van der Waals surface area contributed by atoms with E-state index in [1.54, 1.807) is 6.07 Å². The van der Waals surface area contributed by atoms with E-state index in [0.29, 0.717) is 28.0 Å². The van der Waals surface area contributed by atoms with Crippen LogP contribution in [0.5, 0.6) is 17.2 Å². The van der Waals surface area contributed by atoms with E-state index in [1.165, 1.54) is 13.8 Å². The molecule has 0 aromatic heterocycles. The van der Waals surface area contributed by atoms with E-state index >= 15 is 0 Å². The number of benzene rings is 2. The van der Waals surface area contributed by atoms with Crippen LogP contribution < -0.4 is 14.2 Å². The lowest BCUT2D eigenvalue weighted by Gasteiger charge is -2.18. The third kappa shape index (κ3) is 3.85. The maximum Gasteiger partial charge on any atom is 0.308 e. The normalized spacial score (nSPS) is 10.8. The Labute approximate surface area is 141 Å². The average Bonchev–Trinajstić information content (AvgIpc) is 2.43. The second-order valence-corrected chi connectivity index (χ2v) is 6.04. The highest BCUT2D eigenvalue weighted by Crippen LogP contribution is 2.43. The van der Waals surface area contributed by atoms with Crippen LogP contribution in [0.25, 0.3) is 10.8 Å². The summed E-state index contributed by atoms with van der Waals surface area (Å²) in [5, 5.41) is 1.36. The first kappa shape index (κ1) is 17.8. The molecule has 2 aromatic rings. The second-order valence-electron chi connectivity index (χ2n) is 6.04. The van der Waals surface area contributed by atoms with Crippen LogP contribution in [0.3, 0.4) is 0 Å². The molecule has 0 bridgehead atoms. The summed E-state index contributed by atoms with van der Waals surface area (Å²) in [7, 11) is 0. The summed E-state index contributed by atoms with van der Waals surface area (Å²) in [4.78, 5) is 23.0. The minimum absolute atomic E-state index is 0.131. The van der Waals surface area contributed by atoms with Gasteiger partial charge in [-0.15, -0.1) is 0 Å². The Bertz CT molecular complexity index is 805. The molecule has 0 saturated carbocycles. The third-order valence-electron chi connectivity index (χ3n) is 3.49. The van der Waals surface area contributed by atoms with E-state index in [1.807, 2.05) is 39.8 Å². The average molecular weight is 330 g/mol. The van der Waals surface area contributed by atoms with Crippen molar-refractivity contribution in [3.63, 3.8) is 0 Å². The number of fused-ring (bicyclic) bond motifs is 1. The van der Waals surface area contributed by atoms with Crippen LogP contribution in [0.2, 0.25) is 0 Å². The first-order valence-corrected chi connectivity index (χ1v) is 7.80. The van der Waals surface area contributed by atoms with Crippen molar-refractivity contribution in [2.75, 3.05) is 0 Å². The van der Waals surface area contributed by atoms with E-state index in [0.717, 1.165) is 11.1 Å². The highest BCUT2D eigenvalue weighted by molar-refractivity contribution is 5.99. The molecule has 0 atom stereocenters. The van der Waals surface area contributed by atoms with Gasteiger partial charge in [-0.2, -0.15) is 0 Å². The molecule has 0 saturated heterocycles. The number of hydrogen-bond donors (Lipinski definition) is 0. The molecule has 2 rings (SSSR count). The highest BCUT2D eigenvalue weighted by Gasteiger charge is 2.20. The molecule has 0 heterocycles. The number of aryl methyl sites for hydroxylation is 2. The van der Waals surface area contributed by atoms with Crippen LogP contribution in [-0.4, -0.2) is 18.0 Å². The predicted octanol–water partition coefficient (Wildman–Crippen LogP) is 4.09. The van der Waals surface area contributed by atoms with Gasteiger partial charge in [-0.3, -0.25) is 9.59 Å². The topological polar surface area (TPSA) is 61.8 Å². The summed E-state index contributed by atoms with van der Waals surface area (Å²) < 4.78 is 16.5. The monoisotopic (exact) mass is 330 g/mol. The Morgan fingerprint density at radius 2 is 1.38 bits per heavy atom. The Kier molecular flexibility index (Phi) is 5.12. The molecule has 24 heavy (non-hydrogen) atoms. The number of carbonyl (C=O) groups is 2. The van der Waals surface area contributed by atoms with Gasteiger partial charge in [-0.1, -0.05) is 0 Å². The molecule has 2 aromatic carbocycles. The van der Waals surface area contributed by atoms with Crippen molar-refractivity contribution < 1.29 is 23.8 Å². The lowest BCUT2D eigenvalue weighted by atomic mass is 10.0. The van der Waals surface area contributed by atoms with E-state index in [4.69, 9.17) is 14.2 Å². The summed E-state index contributed by atoms with van der Waals surface area (Å²) in [5.41, 5.74) is 2.08. The minimum atomic E-state index is -0.441. The molecule has 0 unspecified atom stereocenters. The number of ether oxygens (including phenoxy) is 3. The molecule has 0 spiro atoms. The van der Waals surface area contributed by atoms with Gasteiger partial charge in [0.1, 0.15) is 5.75 Å². The number of esters is 2. The molecule has 5 nitrogen and oxygen atoms in total. The third-order valence-corrected chi connectivity index (χ3v) is 3.49. The first-order chi connectivity index (χ1) is 11.2. The lowest BCUT2D eigenvalue weighted by Crippen LogP contribution is -2.11. The fraction of sp³-hybridized carbons (Fsp3) is 0.368. The summed E-state index contributed by atoms with van der Waals surface area (Å²) in [5.74, 6) is 0.221. The van der Waals surface area contributed by atoms with Gasteiger partial charge in [0.25, 0.3) is 0 Å². The maximum atomic E-state index is 11.5. The summed E-state index contributed by atoms with van der Waals surface area (Å²) in [6.45, 7) is 10.4. The zero-order valence-electron chi connectivity index (χ0n) is 14.9. The van der Waals surface area contributed by atoms with Crippen molar-refractivity contribution in [2.24, 2.45) is 0 Å². The van der Waals surface area contributed by atoms with E-state index < -0.39 is 11.9 Å². The van der Waals surface area contributed by atoms with Gasteiger partial charge in [-0.25, -0.2) is 0 Å². The first-order valence-electron chi connectivity index (χ1n) is 7.80. The van der Waals surface area contributed by atoms with Gasteiger partial charge in [0.15, 0.2) is 11.5 Å². The van der Waals surface area contributed by atoms with Crippen molar-refractivity contribution in [3.8, 4) is 17.2 Å². The molecule has 128 valence electrons. The van der Waals surface area contributed by atoms with Gasteiger partial charge in [-0.05, 0) is 51.0 Å². The predicted molar refractivity (Wildman–Crippen MR) is 91.8 cm³/mol. The minimum Gasteiger partial charge on any atom is -0.487 e. The van der Waals surface area contributed by atoms with Crippen LogP contribution >= 0.6 is 0 Å². The molecule has 0 amide bonds. The smallest absolute Gasteiger partial charge is 0.308 e. The van der Waals surface area contributed by atoms with Gasteiger partial charge in [0, 0.05) is 30.7 Å². The van der Waals surface area contributed by atoms with Gasteiger partial charge in [0.05, 0.1) is 6.10 Å². The number of rotatable bonds is 4. The Hall–Kier alpha value is -2.56. The molecule has 5 heteroatoms. The van der Waals surface area contributed by atoms with E-state index in [2.05, 4.69) is 0 Å². The fourth-order valence-corrected chi connectivity index (χ4v) is 2.43. The molecule has 0 N–H and O–H groups in total. The van der Waals surface area contributed by atoms with E-state index in [9.17, 15) is 9.59 Å². The molecular weight excluding hydrogens is 308 g/mol. The van der Waals surface area contributed by atoms with Gasteiger partial charge < -0.3 is 14.2 Å². The standard InChI is InChI=1S/C19H22O5/c1-10(2)22-18-9-17(23-13(5)20)15-7-11(3)12(4)8-16(15)19(18)24-14(6)21/h7-10H,1-6H3. The summed E-state index contributed by atoms with van der Waals surface area (Å²) in [6.07, 6.45) is -0.131. The quantitative estimate of drug-likeness (QED) is 0.624. The maximum absolute atomic E-state index is 11.5. The number of hydrogen-bond acceptors (Lipinski definition) is 5. The van der Waals surface area contributed by atoms with E-state index in [-0.39, 0.29) is 6.10 Å². The summed E-state index contributed by atoms with van der Waals surface area (Å²) in [6, 6.07) is 5.41. The van der Waals surface area contributed by atoms with Crippen LogP contribution in [-0.2, 0) is 9.59 Å². The highest BCUT2D eigenvalue weighted by atomic mass is 16.6. The van der Waals surface area contributed by atoms with Crippen molar-refractivity contribution in [2.45, 2.75) is 47.6 Å². The van der Waals surface area contributed by atoms with Crippen molar-refractivity contribution >= 4 is 22.7 Å². The van der Waals surface area contributed by atoms with Crippen molar-refractivity contribution in [1.29, 1.82) is 0 Å². The summed E-state index contributed by atoms with van der Waals surface area (Å²) >= 11 is 0. The SMILES string of the molecule is CC(=O)Oc1cc(OC(C)C)c(OC(C)=O)c2cc(C)c(C)cc12. The molecule has 0 radical (unpaired) electrons. The second kappa shape index (κ2) is 6.91. The van der Waals surface area contributed by atoms with Crippen LogP contribution in [0.15, 0.2) is 18.2 Å². The molecule has 0 aliphatic carbocycles.